The van der Waals surface area contributed by atoms with Gasteiger partial charge in [0.05, 0.1) is 18.0 Å². The predicted molar refractivity (Wildman–Crippen MR) is 120 cm³/mol. The summed E-state index contributed by atoms with van der Waals surface area (Å²) in [4.78, 5) is 17.7. The van der Waals surface area contributed by atoms with Gasteiger partial charge < -0.3 is 9.30 Å². The quantitative estimate of drug-likeness (QED) is 0.383. The summed E-state index contributed by atoms with van der Waals surface area (Å²) in [6.07, 6.45) is 1.98. The van der Waals surface area contributed by atoms with Crippen LogP contribution in [0.5, 0.6) is 5.75 Å². The van der Waals surface area contributed by atoms with Gasteiger partial charge >= 0.3 is 6.36 Å². The van der Waals surface area contributed by atoms with Crippen LogP contribution in [0, 0.1) is 0 Å². The van der Waals surface area contributed by atoms with Gasteiger partial charge in [-0.25, -0.2) is 4.98 Å². The summed E-state index contributed by atoms with van der Waals surface area (Å²) in [5.74, 6) is -0.370. The molecular formula is C24H18F3N5O2. The highest BCUT2D eigenvalue weighted by atomic mass is 19.4. The second kappa shape index (κ2) is 8.22. The molecule has 0 aliphatic heterocycles. The number of ether oxygens (including phenoxy) is 1. The zero-order valence-electron chi connectivity index (χ0n) is 17.9. The Morgan fingerprint density at radius 1 is 1.00 bits per heavy atom. The van der Waals surface area contributed by atoms with Gasteiger partial charge in [0.2, 0.25) is 0 Å². The molecule has 34 heavy (non-hydrogen) atoms. The fourth-order valence-electron chi connectivity index (χ4n) is 3.86. The summed E-state index contributed by atoms with van der Waals surface area (Å²) in [5.41, 5.74) is 3.41. The minimum atomic E-state index is -4.80. The lowest BCUT2D eigenvalue weighted by molar-refractivity contribution is -0.274. The molecule has 0 N–H and O–H groups in total. The predicted octanol–water partition coefficient (Wildman–Crippen LogP) is 4.53. The molecule has 0 saturated carbocycles. The number of fused-ring (bicyclic) bond motifs is 1. The van der Waals surface area contributed by atoms with Crippen molar-refractivity contribution < 1.29 is 17.9 Å². The van der Waals surface area contributed by atoms with Crippen LogP contribution in [-0.2, 0) is 13.6 Å². The van der Waals surface area contributed by atoms with E-state index in [-0.39, 0.29) is 16.8 Å². The van der Waals surface area contributed by atoms with Gasteiger partial charge in [-0.1, -0.05) is 30.3 Å². The van der Waals surface area contributed by atoms with Crippen LogP contribution in [0.3, 0.4) is 0 Å². The first kappa shape index (κ1) is 21.5. The monoisotopic (exact) mass is 465 g/mol. The van der Waals surface area contributed by atoms with Gasteiger partial charge in [0.1, 0.15) is 5.75 Å². The first-order chi connectivity index (χ1) is 16.3. The van der Waals surface area contributed by atoms with E-state index in [0.717, 1.165) is 23.3 Å². The number of nitrogens with zero attached hydrogens (tertiary/aromatic N) is 5. The number of aryl methyl sites for hydroxylation is 1. The highest BCUT2D eigenvalue weighted by Crippen LogP contribution is 2.29. The SMILES string of the molecule is Cn1cc(-c2cn(-c3ccc(OC(F)(F)F)cc3)c(=O)c3ncn(Cc4ccccc4)c23)cn1. The van der Waals surface area contributed by atoms with E-state index in [4.69, 9.17) is 0 Å². The van der Waals surface area contributed by atoms with Crippen molar-refractivity contribution in [3.05, 3.63) is 95.4 Å². The Bertz CT molecular complexity index is 1520. The van der Waals surface area contributed by atoms with E-state index in [0.29, 0.717) is 23.3 Å². The third kappa shape index (κ3) is 4.17. The van der Waals surface area contributed by atoms with E-state index in [2.05, 4.69) is 14.8 Å². The number of aromatic nitrogens is 5. The molecule has 0 amide bonds. The van der Waals surface area contributed by atoms with E-state index < -0.39 is 6.36 Å². The number of halogens is 3. The van der Waals surface area contributed by atoms with Crippen molar-refractivity contribution in [1.29, 1.82) is 0 Å². The maximum absolute atomic E-state index is 13.4. The number of imidazole rings is 1. The normalized spacial score (nSPS) is 11.8. The minimum absolute atomic E-state index is 0.243. The van der Waals surface area contributed by atoms with Gasteiger partial charge in [0.25, 0.3) is 5.56 Å². The Kier molecular flexibility index (Phi) is 5.20. The Hall–Kier alpha value is -4.34. The molecule has 172 valence electrons. The van der Waals surface area contributed by atoms with Crippen LogP contribution in [0.1, 0.15) is 5.56 Å². The Balaban J connectivity index is 1.66. The molecule has 0 radical (unpaired) electrons. The minimum Gasteiger partial charge on any atom is -0.406 e. The molecule has 3 aromatic heterocycles. The molecule has 0 atom stereocenters. The molecule has 0 bridgehead atoms. The Morgan fingerprint density at radius 2 is 1.74 bits per heavy atom. The van der Waals surface area contributed by atoms with Crippen LogP contribution in [-0.4, -0.2) is 30.3 Å². The van der Waals surface area contributed by atoms with E-state index in [1.54, 1.807) is 30.5 Å². The number of rotatable bonds is 5. The van der Waals surface area contributed by atoms with Gasteiger partial charge in [-0.05, 0) is 29.8 Å². The number of alkyl halides is 3. The highest BCUT2D eigenvalue weighted by Gasteiger charge is 2.31. The van der Waals surface area contributed by atoms with E-state index in [1.807, 2.05) is 41.1 Å². The lowest BCUT2D eigenvalue weighted by Crippen LogP contribution is -2.20. The topological polar surface area (TPSA) is 66.9 Å². The van der Waals surface area contributed by atoms with Crippen molar-refractivity contribution in [3.63, 3.8) is 0 Å². The van der Waals surface area contributed by atoms with Crippen LogP contribution >= 0.6 is 0 Å². The molecule has 0 aliphatic rings. The van der Waals surface area contributed by atoms with E-state index in [9.17, 15) is 18.0 Å². The number of pyridine rings is 1. The maximum Gasteiger partial charge on any atom is 0.573 e. The molecule has 2 aromatic carbocycles. The van der Waals surface area contributed by atoms with Crippen LogP contribution in [0.2, 0.25) is 0 Å². The Morgan fingerprint density at radius 3 is 2.38 bits per heavy atom. The van der Waals surface area contributed by atoms with Gasteiger partial charge in [0, 0.05) is 42.8 Å². The zero-order chi connectivity index (χ0) is 23.9. The maximum atomic E-state index is 13.4. The summed E-state index contributed by atoms with van der Waals surface area (Å²) in [7, 11) is 1.79. The molecular weight excluding hydrogens is 447 g/mol. The van der Waals surface area contributed by atoms with Crippen molar-refractivity contribution in [1.82, 2.24) is 23.9 Å². The molecule has 0 spiro atoms. The number of hydrogen-bond donors (Lipinski definition) is 0. The average molecular weight is 465 g/mol. The molecule has 0 fully saturated rings. The third-order valence-electron chi connectivity index (χ3n) is 5.33. The van der Waals surface area contributed by atoms with Crippen molar-refractivity contribution in [2.75, 3.05) is 0 Å². The molecule has 5 aromatic rings. The molecule has 0 saturated heterocycles. The third-order valence-corrected chi connectivity index (χ3v) is 5.33. The number of hydrogen-bond acceptors (Lipinski definition) is 4. The zero-order valence-corrected chi connectivity index (χ0v) is 17.9. The van der Waals surface area contributed by atoms with Crippen molar-refractivity contribution in [3.8, 4) is 22.6 Å². The van der Waals surface area contributed by atoms with Crippen molar-refractivity contribution in [2.24, 2.45) is 7.05 Å². The van der Waals surface area contributed by atoms with Crippen LogP contribution in [0.25, 0.3) is 27.8 Å². The van der Waals surface area contributed by atoms with Gasteiger partial charge in [-0.2, -0.15) is 5.10 Å². The second-order valence-electron chi connectivity index (χ2n) is 7.72. The summed E-state index contributed by atoms with van der Waals surface area (Å²) in [5, 5.41) is 4.24. The lowest BCUT2D eigenvalue weighted by atomic mass is 10.1. The first-order valence-electron chi connectivity index (χ1n) is 10.3. The summed E-state index contributed by atoms with van der Waals surface area (Å²) in [6, 6.07) is 14.9. The molecule has 3 heterocycles. The standard InChI is InChI=1S/C24H18F3N5O2/c1-30-13-17(11-29-30)20-14-32(18-7-9-19(10-8-18)34-24(25,26)27)23(33)21-22(20)31(15-28-21)12-16-5-3-2-4-6-16/h2-11,13-15H,12H2,1H3. The van der Waals surface area contributed by atoms with E-state index in [1.165, 1.54) is 16.7 Å². The van der Waals surface area contributed by atoms with Crippen LogP contribution < -0.4 is 10.3 Å². The summed E-state index contributed by atoms with van der Waals surface area (Å²) in [6.45, 7) is 0.511. The van der Waals surface area contributed by atoms with Crippen LogP contribution in [0.4, 0.5) is 13.2 Å². The van der Waals surface area contributed by atoms with Crippen molar-refractivity contribution >= 4 is 11.0 Å². The number of benzene rings is 2. The average Bonchev–Trinajstić information content (AvgIpc) is 3.42. The first-order valence-corrected chi connectivity index (χ1v) is 10.3. The fourth-order valence-corrected chi connectivity index (χ4v) is 3.86. The molecule has 10 heteroatoms. The second-order valence-corrected chi connectivity index (χ2v) is 7.72. The molecule has 0 aliphatic carbocycles. The highest BCUT2D eigenvalue weighted by molar-refractivity contribution is 5.91. The summed E-state index contributed by atoms with van der Waals surface area (Å²) >= 11 is 0. The van der Waals surface area contributed by atoms with Gasteiger partial charge in [0.15, 0.2) is 5.52 Å². The molecule has 0 unspecified atom stereocenters. The smallest absolute Gasteiger partial charge is 0.406 e. The fraction of sp³-hybridized carbons (Fsp3) is 0.125. The van der Waals surface area contributed by atoms with E-state index >= 15 is 0 Å². The molecule has 5 rings (SSSR count). The largest absolute Gasteiger partial charge is 0.573 e. The summed E-state index contributed by atoms with van der Waals surface area (Å²) < 4.78 is 46.4. The van der Waals surface area contributed by atoms with Gasteiger partial charge in [-0.3, -0.25) is 14.0 Å². The Labute approximate surface area is 191 Å². The van der Waals surface area contributed by atoms with Crippen molar-refractivity contribution in [2.45, 2.75) is 12.9 Å². The molecule has 7 nitrogen and oxygen atoms in total. The van der Waals surface area contributed by atoms with Crippen LogP contribution in [0.15, 0.2) is 84.3 Å². The lowest BCUT2D eigenvalue weighted by Gasteiger charge is -2.13. The van der Waals surface area contributed by atoms with Gasteiger partial charge in [-0.15, -0.1) is 13.2 Å².